The zero-order chi connectivity index (χ0) is 13.7. The highest BCUT2D eigenvalue weighted by molar-refractivity contribution is 5.24. The second kappa shape index (κ2) is 4.04. The summed E-state index contributed by atoms with van der Waals surface area (Å²) in [7, 11) is 0. The summed E-state index contributed by atoms with van der Waals surface area (Å²) < 4.78 is 48.6. The minimum atomic E-state index is -4.65. The van der Waals surface area contributed by atoms with Crippen LogP contribution in [0.4, 0.5) is 13.2 Å². The van der Waals surface area contributed by atoms with Crippen LogP contribution in [-0.4, -0.2) is 29.0 Å². The molecule has 1 aromatic rings. The molecule has 1 N–H and O–H groups in total. The number of H-pyrrole nitrogens is 1. The van der Waals surface area contributed by atoms with Crippen molar-refractivity contribution in [1.82, 2.24) is 9.97 Å². The molecule has 0 atom stereocenters. The molecular weight excluding hydrogens is 265 g/mol. The summed E-state index contributed by atoms with van der Waals surface area (Å²) >= 11 is 0. The molecule has 0 radical (unpaired) electrons. The zero-order valence-corrected chi connectivity index (χ0v) is 9.84. The first-order valence-corrected chi connectivity index (χ1v) is 5.87. The molecule has 0 aromatic carbocycles. The first-order valence-electron chi connectivity index (χ1n) is 5.87. The Kier molecular flexibility index (Phi) is 2.68. The van der Waals surface area contributed by atoms with Crippen LogP contribution in [0.25, 0.3) is 0 Å². The number of hydrogen-bond donors (Lipinski definition) is 1. The van der Waals surface area contributed by atoms with Gasteiger partial charge in [0.25, 0.3) is 5.56 Å². The Morgan fingerprint density at radius 2 is 1.95 bits per heavy atom. The van der Waals surface area contributed by atoms with Crippen molar-refractivity contribution in [3.8, 4) is 0 Å². The van der Waals surface area contributed by atoms with Gasteiger partial charge >= 0.3 is 6.18 Å². The Bertz CT molecular complexity index is 561. The quantitative estimate of drug-likeness (QED) is 0.768. The van der Waals surface area contributed by atoms with Gasteiger partial charge in [-0.05, 0) is 6.42 Å². The summed E-state index contributed by atoms with van der Waals surface area (Å²) in [6.07, 6.45) is -3.86. The first-order chi connectivity index (χ1) is 8.90. The standard InChI is InChI=1S/C11H11F3N2O3/c12-11(13,14)9-15-7-1-2-10(18-3-4-19-10)5-6(7)8(17)16-9/h1-5H2,(H,15,16,17). The lowest BCUT2D eigenvalue weighted by Gasteiger charge is -2.31. The molecule has 2 aliphatic rings. The van der Waals surface area contributed by atoms with E-state index in [1.54, 1.807) is 4.98 Å². The van der Waals surface area contributed by atoms with Crippen LogP contribution in [0.5, 0.6) is 0 Å². The highest BCUT2D eigenvalue weighted by Gasteiger charge is 2.43. The SMILES string of the molecule is O=c1[nH]c(C(F)(F)F)nc2c1CC1(CC2)OCCO1. The van der Waals surface area contributed by atoms with Gasteiger partial charge in [-0.2, -0.15) is 13.2 Å². The molecule has 3 rings (SSSR count). The third kappa shape index (κ3) is 2.14. The van der Waals surface area contributed by atoms with Gasteiger partial charge in [-0.3, -0.25) is 4.79 Å². The number of nitrogens with one attached hydrogen (secondary N) is 1. The highest BCUT2D eigenvalue weighted by atomic mass is 19.4. The third-order valence-electron chi connectivity index (χ3n) is 3.37. The molecule has 1 saturated heterocycles. The molecule has 1 aliphatic heterocycles. The molecular formula is C11H11F3N2O3. The molecule has 0 saturated carbocycles. The number of halogens is 3. The molecule has 1 fully saturated rings. The molecule has 0 unspecified atom stereocenters. The molecule has 104 valence electrons. The van der Waals surface area contributed by atoms with Crippen molar-refractivity contribution in [3.63, 3.8) is 0 Å². The number of aromatic amines is 1. The number of fused-ring (bicyclic) bond motifs is 1. The molecule has 19 heavy (non-hydrogen) atoms. The maximum absolute atomic E-state index is 12.6. The second-order valence-electron chi connectivity index (χ2n) is 4.62. The Labute approximate surface area is 105 Å². The highest BCUT2D eigenvalue weighted by Crippen LogP contribution is 2.34. The van der Waals surface area contributed by atoms with Crippen LogP contribution in [0.2, 0.25) is 0 Å². The van der Waals surface area contributed by atoms with Gasteiger partial charge in [0.1, 0.15) is 0 Å². The van der Waals surface area contributed by atoms with E-state index in [1.165, 1.54) is 0 Å². The van der Waals surface area contributed by atoms with Crippen LogP contribution in [0, 0.1) is 0 Å². The molecule has 8 heteroatoms. The summed E-state index contributed by atoms with van der Waals surface area (Å²) in [5, 5.41) is 0. The monoisotopic (exact) mass is 276 g/mol. The molecule has 1 aliphatic carbocycles. The van der Waals surface area contributed by atoms with Gasteiger partial charge < -0.3 is 14.5 Å². The van der Waals surface area contributed by atoms with E-state index in [2.05, 4.69) is 4.98 Å². The smallest absolute Gasteiger partial charge is 0.347 e. The largest absolute Gasteiger partial charge is 0.449 e. The van der Waals surface area contributed by atoms with Gasteiger partial charge in [0.05, 0.1) is 18.9 Å². The van der Waals surface area contributed by atoms with Gasteiger partial charge in [0.2, 0.25) is 5.82 Å². The third-order valence-corrected chi connectivity index (χ3v) is 3.37. The second-order valence-corrected chi connectivity index (χ2v) is 4.62. The number of aryl methyl sites for hydroxylation is 1. The lowest BCUT2D eigenvalue weighted by molar-refractivity contribution is -0.164. The van der Waals surface area contributed by atoms with Crippen LogP contribution in [0.1, 0.15) is 23.5 Å². The maximum atomic E-state index is 12.6. The average molecular weight is 276 g/mol. The van der Waals surface area contributed by atoms with Crippen molar-refractivity contribution in [2.24, 2.45) is 0 Å². The van der Waals surface area contributed by atoms with Gasteiger partial charge in [0, 0.05) is 18.4 Å². The minimum absolute atomic E-state index is 0.142. The van der Waals surface area contributed by atoms with E-state index >= 15 is 0 Å². The minimum Gasteiger partial charge on any atom is -0.347 e. The molecule has 5 nitrogen and oxygen atoms in total. The zero-order valence-electron chi connectivity index (χ0n) is 9.84. The number of ether oxygens (including phenoxy) is 2. The summed E-state index contributed by atoms with van der Waals surface area (Å²) in [5.74, 6) is -2.11. The molecule has 0 bridgehead atoms. The number of nitrogens with zero attached hydrogens (tertiary/aromatic N) is 1. The van der Waals surface area contributed by atoms with E-state index in [0.717, 1.165) is 0 Å². The van der Waals surface area contributed by atoms with Crippen molar-refractivity contribution < 1.29 is 22.6 Å². The topological polar surface area (TPSA) is 64.2 Å². The van der Waals surface area contributed by atoms with Crippen molar-refractivity contribution >= 4 is 0 Å². The van der Waals surface area contributed by atoms with Crippen LogP contribution in [-0.2, 0) is 28.5 Å². The molecule has 2 heterocycles. The van der Waals surface area contributed by atoms with Gasteiger partial charge in [-0.25, -0.2) is 4.98 Å². The number of rotatable bonds is 0. The van der Waals surface area contributed by atoms with Crippen molar-refractivity contribution in [1.29, 1.82) is 0 Å². The number of aromatic nitrogens is 2. The van der Waals surface area contributed by atoms with Crippen LogP contribution in [0.3, 0.4) is 0 Å². The predicted octanol–water partition coefficient (Wildman–Crippen LogP) is 1.02. The summed E-state index contributed by atoms with van der Waals surface area (Å²) in [4.78, 5) is 17.1. The Morgan fingerprint density at radius 1 is 1.26 bits per heavy atom. The average Bonchev–Trinajstić information content (AvgIpc) is 2.77. The van der Waals surface area contributed by atoms with E-state index in [9.17, 15) is 18.0 Å². The first kappa shape index (κ1) is 12.6. The maximum Gasteiger partial charge on any atom is 0.449 e. The van der Waals surface area contributed by atoms with Crippen molar-refractivity contribution in [3.05, 3.63) is 27.4 Å². The van der Waals surface area contributed by atoms with Crippen LogP contribution < -0.4 is 5.56 Å². The predicted molar refractivity (Wildman–Crippen MR) is 56.5 cm³/mol. The lowest BCUT2D eigenvalue weighted by atomic mass is 9.91. The molecule has 1 aromatic heterocycles. The Morgan fingerprint density at radius 3 is 2.58 bits per heavy atom. The normalized spacial score (nSPS) is 21.6. The molecule has 0 amide bonds. The van der Waals surface area contributed by atoms with E-state index in [1.807, 2.05) is 0 Å². The Balaban J connectivity index is 2.01. The van der Waals surface area contributed by atoms with Crippen LogP contribution in [0.15, 0.2) is 4.79 Å². The Hall–Kier alpha value is -1.41. The van der Waals surface area contributed by atoms with Crippen molar-refractivity contribution in [2.75, 3.05) is 13.2 Å². The summed E-state index contributed by atoms with van der Waals surface area (Å²) in [6.45, 7) is 0.864. The number of alkyl halides is 3. The number of hydrogen-bond acceptors (Lipinski definition) is 4. The lowest BCUT2D eigenvalue weighted by Crippen LogP contribution is -2.41. The fraction of sp³-hybridized carbons (Fsp3) is 0.636. The van der Waals surface area contributed by atoms with Gasteiger partial charge in [-0.1, -0.05) is 0 Å². The van der Waals surface area contributed by atoms with E-state index < -0.39 is 23.3 Å². The van der Waals surface area contributed by atoms with Crippen molar-refractivity contribution in [2.45, 2.75) is 31.2 Å². The van der Waals surface area contributed by atoms with Gasteiger partial charge in [-0.15, -0.1) is 0 Å². The van der Waals surface area contributed by atoms with E-state index in [4.69, 9.17) is 9.47 Å². The fourth-order valence-corrected chi connectivity index (χ4v) is 2.48. The van der Waals surface area contributed by atoms with E-state index in [-0.39, 0.29) is 24.1 Å². The molecule has 1 spiro atoms. The van der Waals surface area contributed by atoms with Gasteiger partial charge in [0.15, 0.2) is 5.79 Å². The van der Waals surface area contributed by atoms with Crippen LogP contribution >= 0.6 is 0 Å². The summed E-state index contributed by atoms with van der Waals surface area (Å²) in [5.41, 5.74) is -0.363. The summed E-state index contributed by atoms with van der Waals surface area (Å²) in [6, 6.07) is 0. The van der Waals surface area contributed by atoms with E-state index in [0.29, 0.717) is 19.6 Å². The fourth-order valence-electron chi connectivity index (χ4n) is 2.48.